The van der Waals surface area contributed by atoms with Crippen molar-refractivity contribution in [3.05, 3.63) is 22.3 Å². The van der Waals surface area contributed by atoms with Crippen LogP contribution in [0.3, 0.4) is 0 Å². The second kappa shape index (κ2) is 5.45. The molecular formula is C13H21N2O2S. The number of rotatable bonds is 3. The third-order valence-electron chi connectivity index (χ3n) is 3.57. The van der Waals surface area contributed by atoms with Crippen LogP contribution in [0.5, 0.6) is 0 Å². The van der Waals surface area contributed by atoms with Gasteiger partial charge in [0, 0.05) is 24.4 Å². The fourth-order valence-electron chi connectivity index (χ4n) is 2.72. The van der Waals surface area contributed by atoms with E-state index in [0.717, 1.165) is 43.6 Å². The molecule has 0 aliphatic carbocycles. The van der Waals surface area contributed by atoms with Gasteiger partial charge in [-0.05, 0) is 44.0 Å². The summed E-state index contributed by atoms with van der Waals surface area (Å²) in [5.74, 6) is 0.333. The molecular weight excluding hydrogens is 248 g/mol. The Bertz CT molecular complexity index is 471. The number of hydrogen-bond acceptors (Lipinski definition) is 4. The molecule has 0 atom stereocenters. The summed E-state index contributed by atoms with van der Waals surface area (Å²) in [6.07, 6.45) is 7.16. The molecule has 0 bridgehead atoms. The van der Waals surface area contributed by atoms with E-state index in [0.29, 0.717) is 17.4 Å². The first kappa shape index (κ1) is 13.6. The number of hydrogen-bond donors (Lipinski definition) is 2. The Morgan fingerprint density at radius 3 is 2.56 bits per heavy atom. The Morgan fingerprint density at radius 1 is 1.33 bits per heavy atom. The molecule has 2 heterocycles. The lowest BCUT2D eigenvalue weighted by Crippen LogP contribution is -2.35. The molecule has 2 rings (SSSR count). The molecule has 0 saturated carbocycles. The zero-order valence-electron chi connectivity index (χ0n) is 11.0. The van der Waals surface area contributed by atoms with E-state index in [1.165, 1.54) is 6.26 Å². The Labute approximate surface area is 109 Å². The first-order valence-corrected chi connectivity index (χ1v) is 8.42. The van der Waals surface area contributed by atoms with E-state index in [9.17, 15) is 8.42 Å². The monoisotopic (exact) mass is 269 g/mol. The van der Waals surface area contributed by atoms with E-state index in [2.05, 4.69) is 16.7 Å². The highest BCUT2D eigenvalue weighted by atomic mass is 32.2. The number of piperidine rings is 1. The summed E-state index contributed by atoms with van der Waals surface area (Å²) < 4.78 is 24.1. The molecule has 18 heavy (non-hydrogen) atoms. The summed E-state index contributed by atoms with van der Waals surface area (Å²) in [6.45, 7) is 4.53. The molecule has 0 spiro atoms. The van der Waals surface area contributed by atoms with Crippen LogP contribution < -0.4 is 10.6 Å². The molecule has 4 nitrogen and oxygen atoms in total. The topological polar surface area (TPSA) is 58.2 Å². The van der Waals surface area contributed by atoms with Crippen molar-refractivity contribution in [2.45, 2.75) is 26.2 Å². The largest absolute Gasteiger partial charge is 0.383 e. The van der Waals surface area contributed by atoms with Gasteiger partial charge < -0.3 is 10.6 Å². The predicted octanol–water partition coefficient (Wildman–Crippen LogP) is 0.985. The Morgan fingerprint density at radius 2 is 2.00 bits per heavy atom. The van der Waals surface area contributed by atoms with E-state index < -0.39 is 9.84 Å². The molecule has 0 aromatic carbocycles. The zero-order chi connectivity index (χ0) is 13.2. The van der Waals surface area contributed by atoms with Crippen molar-refractivity contribution in [3.8, 4) is 0 Å². The lowest BCUT2D eigenvalue weighted by Gasteiger charge is -2.30. The Balaban J connectivity index is 2.43. The highest BCUT2D eigenvalue weighted by molar-refractivity contribution is 7.94. The zero-order valence-corrected chi connectivity index (χ0v) is 11.9. The molecule has 2 aliphatic heterocycles. The van der Waals surface area contributed by atoms with Crippen molar-refractivity contribution in [2.75, 3.05) is 25.9 Å². The third-order valence-corrected chi connectivity index (χ3v) is 4.78. The standard InChI is InChI=1S/C13H21N2O2S/c1-3-10-6-9-15-12(13(10)18(2,16)17)11-4-7-14-8-5-11/h11,14-15H,3-5,7-9H2,1-2H3. The molecule has 0 unspecified atom stereocenters. The normalized spacial score (nSPS) is 22.7. The molecule has 1 saturated heterocycles. The van der Waals surface area contributed by atoms with E-state index in [-0.39, 0.29) is 0 Å². The average Bonchev–Trinajstić information content (AvgIpc) is 2.38. The predicted molar refractivity (Wildman–Crippen MR) is 72.5 cm³/mol. The molecule has 0 amide bonds. The first-order chi connectivity index (χ1) is 8.54. The molecule has 5 heteroatoms. The summed E-state index contributed by atoms with van der Waals surface area (Å²) in [5.41, 5.74) is 1.78. The third kappa shape index (κ3) is 2.78. The van der Waals surface area contributed by atoms with Crippen LogP contribution in [0.1, 0.15) is 26.2 Å². The van der Waals surface area contributed by atoms with Gasteiger partial charge in [-0.3, -0.25) is 0 Å². The average molecular weight is 269 g/mol. The number of allylic oxidation sites excluding steroid dienone is 2. The van der Waals surface area contributed by atoms with Crippen LogP contribution in [0, 0.1) is 12.0 Å². The Hall–Kier alpha value is -0.810. The van der Waals surface area contributed by atoms with Crippen molar-refractivity contribution in [3.63, 3.8) is 0 Å². The minimum atomic E-state index is -3.19. The maximum Gasteiger partial charge on any atom is 0.177 e. The molecule has 101 valence electrons. The van der Waals surface area contributed by atoms with Gasteiger partial charge in [0.05, 0.1) is 4.91 Å². The fraction of sp³-hybridized carbons (Fsp3) is 0.692. The lowest BCUT2D eigenvalue weighted by atomic mass is 9.91. The summed E-state index contributed by atoms with van der Waals surface area (Å²) in [6, 6.07) is 0. The quantitative estimate of drug-likeness (QED) is 0.802. The van der Waals surface area contributed by atoms with Gasteiger partial charge in [0.15, 0.2) is 9.84 Å². The highest BCUT2D eigenvalue weighted by Gasteiger charge is 2.29. The summed E-state index contributed by atoms with van der Waals surface area (Å²) in [7, 11) is -3.19. The van der Waals surface area contributed by atoms with Crippen molar-refractivity contribution < 1.29 is 8.42 Å². The van der Waals surface area contributed by atoms with E-state index >= 15 is 0 Å². The van der Waals surface area contributed by atoms with Crippen LogP contribution in [-0.4, -0.2) is 34.3 Å². The van der Waals surface area contributed by atoms with Gasteiger partial charge in [0.2, 0.25) is 0 Å². The number of sulfone groups is 1. The molecule has 2 aliphatic rings. The summed E-state index contributed by atoms with van der Waals surface area (Å²) in [5, 5.41) is 6.56. The molecule has 0 aromatic heterocycles. The lowest BCUT2D eigenvalue weighted by molar-refractivity contribution is 0.401. The molecule has 2 N–H and O–H groups in total. The highest BCUT2D eigenvalue weighted by Crippen LogP contribution is 2.31. The second-order valence-electron chi connectivity index (χ2n) is 4.90. The molecule has 0 aromatic rings. The van der Waals surface area contributed by atoms with Crippen LogP contribution in [0.4, 0.5) is 0 Å². The van der Waals surface area contributed by atoms with Crippen molar-refractivity contribution >= 4 is 9.84 Å². The minimum absolute atomic E-state index is 0.333. The van der Waals surface area contributed by atoms with Crippen molar-refractivity contribution in [1.82, 2.24) is 10.6 Å². The van der Waals surface area contributed by atoms with Crippen molar-refractivity contribution in [1.29, 1.82) is 0 Å². The molecule has 1 fully saturated rings. The van der Waals surface area contributed by atoms with Gasteiger partial charge in [0.1, 0.15) is 0 Å². The summed E-state index contributed by atoms with van der Waals surface area (Å²) >= 11 is 0. The Kier molecular flexibility index (Phi) is 4.12. The maximum atomic E-state index is 12.0. The van der Waals surface area contributed by atoms with Gasteiger partial charge >= 0.3 is 0 Å². The van der Waals surface area contributed by atoms with E-state index in [4.69, 9.17) is 0 Å². The number of dihydropyridines is 1. The SMILES string of the molecule is CCC1=[C]CNC(C2CCNCC2)=C1S(C)(=O)=O. The van der Waals surface area contributed by atoms with Gasteiger partial charge in [-0.15, -0.1) is 0 Å². The van der Waals surface area contributed by atoms with Gasteiger partial charge in [-0.2, -0.15) is 0 Å². The smallest absolute Gasteiger partial charge is 0.177 e. The number of nitrogens with one attached hydrogen (secondary N) is 2. The summed E-state index contributed by atoms with van der Waals surface area (Å²) in [4.78, 5) is 0.503. The van der Waals surface area contributed by atoms with Crippen LogP contribution in [-0.2, 0) is 9.84 Å². The van der Waals surface area contributed by atoms with Crippen LogP contribution in [0.2, 0.25) is 0 Å². The van der Waals surface area contributed by atoms with E-state index in [1.807, 2.05) is 6.92 Å². The van der Waals surface area contributed by atoms with Crippen LogP contribution >= 0.6 is 0 Å². The first-order valence-electron chi connectivity index (χ1n) is 6.53. The maximum absolute atomic E-state index is 12.0. The fourth-order valence-corrected chi connectivity index (χ4v) is 4.02. The van der Waals surface area contributed by atoms with Crippen molar-refractivity contribution in [2.24, 2.45) is 5.92 Å². The molecule has 1 radical (unpaired) electrons. The van der Waals surface area contributed by atoms with Gasteiger partial charge in [0.25, 0.3) is 0 Å². The second-order valence-corrected chi connectivity index (χ2v) is 6.85. The van der Waals surface area contributed by atoms with Crippen LogP contribution in [0.15, 0.2) is 16.2 Å². The van der Waals surface area contributed by atoms with Gasteiger partial charge in [-0.25, -0.2) is 8.42 Å². The minimum Gasteiger partial charge on any atom is -0.383 e. The van der Waals surface area contributed by atoms with Gasteiger partial charge in [-0.1, -0.05) is 6.92 Å². The van der Waals surface area contributed by atoms with Crippen LogP contribution in [0.25, 0.3) is 0 Å². The van der Waals surface area contributed by atoms with E-state index in [1.54, 1.807) is 0 Å².